The molecule has 0 unspecified atom stereocenters. The number of aryl methyl sites for hydroxylation is 6. The molecule has 0 bridgehead atoms. The molecule has 0 atom stereocenters. The van der Waals surface area contributed by atoms with Crippen molar-refractivity contribution in [2.75, 3.05) is 0 Å². The Kier molecular flexibility index (Phi) is 14.6. The zero-order valence-electron chi connectivity index (χ0n) is 22.6. The predicted molar refractivity (Wildman–Crippen MR) is 139 cm³/mol. The largest absolute Gasteiger partial charge is 2.00 e. The summed E-state index contributed by atoms with van der Waals surface area (Å²) in [7, 11) is 0. The van der Waals surface area contributed by atoms with Crippen LogP contribution in [0.1, 0.15) is 44.5 Å². The second-order valence-corrected chi connectivity index (χ2v) is 8.89. The SMILES string of the molecule is Cc1cc(C)[c-](C)c1.Cc1cc(C)[c-](C)c1.Oc1cccc(C(F)(F)F)c1.Oc1cccc(C(F)(F)F)c1.[Zr+2]. The Morgan fingerprint density at radius 3 is 1.00 bits per heavy atom. The van der Waals surface area contributed by atoms with Crippen LogP contribution in [-0.2, 0) is 38.6 Å². The Balaban J connectivity index is 0.000000495. The van der Waals surface area contributed by atoms with Crippen molar-refractivity contribution in [3.05, 3.63) is 117 Å². The van der Waals surface area contributed by atoms with Gasteiger partial charge in [-0.05, 0) is 36.4 Å². The smallest absolute Gasteiger partial charge is 0.508 e. The van der Waals surface area contributed by atoms with Crippen molar-refractivity contribution in [2.45, 2.75) is 53.9 Å². The van der Waals surface area contributed by atoms with E-state index >= 15 is 0 Å². The Morgan fingerprint density at radius 1 is 0.564 bits per heavy atom. The molecule has 0 spiro atoms. The fourth-order valence-electron chi connectivity index (χ4n) is 3.27. The molecule has 4 aromatic carbocycles. The van der Waals surface area contributed by atoms with Crippen molar-refractivity contribution >= 4 is 0 Å². The van der Waals surface area contributed by atoms with Crippen molar-refractivity contribution in [3.8, 4) is 11.5 Å². The van der Waals surface area contributed by atoms with E-state index < -0.39 is 23.5 Å². The molecule has 4 rings (SSSR count). The van der Waals surface area contributed by atoms with Gasteiger partial charge in [-0.25, -0.2) is 23.3 Å². The molecule has 0 fully saturated rings. The van der Waals surface area contributed by atoms with Gasteiger partial charge in [0.1, 0.15) is 11.5 Å². The summed E-state index contributed by atoms with van der Waals surface area (Å²) >= 11 is 0. The van der Waals surface area contributed by atoms with Crippen molar-refractivity contribution in [1.29, 1.82) is 0 Å². The first-order valence-corrected chi connectivity index (χ1v) is 11.5. The molecule has 2 N–H and O–H groups in total. The van der Waals surface area contributed by atoms with E-state index in [0.29, 0.717) is 12.1 Å². The fraction of sp³-hybridized carbons (Fsp3) is 0.267. The average molecular weight is 630 g/mol. The minimum atomic E-state index is -4.38. The Labute approximate surface area is 244 Å². The minimum absolute atomic E-state index is 0. The molecule has 0 saturated heterocycles. The summed E-state index contributed by atoms with van der Waals surface area (Å²) in [6.07, 6.45) is -8.75. The normalized spacial score (nSPS) is 10.6. The van der Waals surface area contributed by atoms with Gasteiger partial charge in [0, 0.05) is 0 Å². The molecule has 39 heavy (non-hydrogen) atoms. The predicted octanol–water partition coefficient (Wildman–Crippen LogP) is 9.48. The van der Waals surface area contributed by atoms with Crippen molar-refractivity contribution in [3.63, 3.8) is 0 Å². The summed E-state index contributed by atoms with van der Waals surface area (Å²) in [5.41, 5.74) is 6.70. The van der Waals surface area contributed by atoms with Crippen molar-refractivity contribution in [1.82, 2.24) is 0 Å². The number of aromatic hydroxyl groups is 2. The van der Waals surface area contributed by atoms with Gasteiger partial charge >= 0.3 is 38.6 Å². The number of rotatable bonds is 0. The zero-order valence-corrected chi connectivity index (χ0v) is 25.0. The van der Waals surface area contributed by atoms with E-state index in [-0.39, 0.29) is 37.7 Å². The maximum absolute atomic E-state index is 11.9. The number of phenols is 2. The zero-order chi connectivity index (χ0) is 29.3. The number of hydrogen-bond donors (Lipinski definition) is 2. The van der Waals surface area contributed by atoms with Crippen LogP contribution in [-0.4, -0.2) is 10.2 Å². The molecule has 4 aromatic rings. The van der Waals surface area contributed by atoms with E-state index in [0.717, 1.165) is 24.3 Å². The molecule has 0 aliphatic rings. The van der Waals surface area contributed by atoms with Crippen LogP contribution in [0, 0.1) is 41.5 Å². The summed E-state index contributed by atoms with van der Waals surface area (Å²) < 4.78 is 71.1. The number of benzene rings is 2. The summed E-state index contributed by atoms with van der Waals surface area (Å²) in [6, 6.07) is 16.7. The van der Waals surface area contributed by atoms with Crippen LogP contribution in [0.15, 0.2) is 72.8 Å². The standard InChI is InChI=1S/2C8H11.2C7H5F3O.Zr/c2*1-6-4-7(2)8(3)5-6;2*8-7(9,10)5-2-1-3-6(11)4-5;/h2*4-5H,1-3H3;2*1-4,11H;/q2*-1;;;+2. The Hall–Kier alpha value is -2.80. The van der Waals surface area contributed by atoms with Crippen LogP contribution in [0.25, 0.3) is 0 Å². The summed E-state index contributed by atoms with van der Waals surface area (Å²) in [4.78, 5) is 0. The van der Waals surface area contributed by atoms with Gasteiger partial charge in [-0.1, -0.05) is 53.7 Å². The third-order valence-corrected chi connectivity index (χ3v) is 5.37. The van der Waals surface area contributed by atoms with Gasteiger partial charge in [-0.15, -0.1) is 0 Å². The van der Waals surface area contributed by atoms with Crippen LogP contribution in [0.3, 0.4) is 0 Å². The summed E-state index contributed by atoms with van der Waals surface area (Å²) in [5, 5.41) is 17.4. The van der Waals surface area contributed by atoms with Crippen LogP contribution in [0.4, 0.5) is 26.3 Å². The topological polar surface area (TPSA) is 40.5 Å². The van der Waals surface area contributed by atoms with E-state index in [4.69, 9.17) is 10.2 Å². The van der Waals surface area contributed by atoms with Crippen molar-refractivity contribution in [2.24, 2.45) is 0 Å². The molecule has 0 radical (unpaired) electrons. The quantitative estimate of drug-likeness (QED) is 0.150. The molecule has 0 aliphatic heterocycles. The van der Waals surface area contributed by atoms with E-state index in [1.54, 1.807) is 0 Å². The molecule has 0 heterocycles. The second-order valence-electron chi connectivity index (χ2n) is 8.89. The van der Waals surface area contributed by atoms with Gasteiger partial charge < -0.3 is 10.2 Å². The van der Waals surface area contributed by atoms with Gasteiger partial charge in [-0.3, -0.25) is 0 Å². The molecule has 9 heteroatoms. The minimum Gasteiger partial charge on any atom is -0.508 e. The number of halogens is 6. The van der Waals surface area contributed by atoms with E-state index in [1.807, 2.05) is 0 Å². The summed E-state index contributed by atoms with van der Waals surface area (Å²) in [5.74, 6) is -0.750. The molecule has 0 aliphatic carbocycles. The Morgan fingerprint density at radius 2 is 0.872 bits per heavy atom. The molecular formula is C30H32F6O2Zr. The van der Waals surface area contributed by atoms with Crippen LogP contribution in [0.2, 0.25) is 0 Å². The van der Waals surface area contributed by atoms with Gasteiger partial charge in [-0.2, -0.15) is 60.7 Å². The molecule has 0 amide bonds. The molecular weight excluding hydrogens is 598 g/mol. The van der Waals surface area contributed by atoms with E-state index in [1.165, 1.54) is 45.5 Å². The number of alkyl halides is 6. The van der Waals surface area contributed by atoms with Gasteiger partial charge in [0.2, 0.25) is 0 Å². The molecule has 2 nitrogen and oxygen atoms in total. The number of hydrogen-bond acceptors (Lipinski definition) is 2. The molecule has 210 valence electrons. The molecule has 0 aromatic heterocycles. The first-order chi connectivity index (χ1) is 17.4. The third kappa shape index (κ3) is 13.7. The van der Waals surface area contributed by atoms with E-state index in [2.05, 4.69) is 65.8 Å². The maximum atomic E-state index is 11.9. The second kappa shape index (κ2) is 15.7. The van der Waals surface area contributed by atoms with Gasteiger partial charge in [0.25, 0.3) is 0 Å². The van der Waals surface area contributed by atoms with Crippen molar-refractivity contribution < 1.29 is 62.8 Å². The third-order valence-electron chi connectivity index (χ3n) is 5.37. The molecule has 0 saturated carbocycles. The van der Waals surface area contributed by atoms with Gasteiger partial charge in [0.15, 0.2) is 0 Å². The monoisotopic (exact) mass is 628 g/mol. The maximum Gasteiger partial charge on any atom is 2.00 e. The first-order valence-electron chi connectivity index (χ1n) is 11.5. The average Bonchev–Trinajstić information content (AvgIpc) is 3.24. The van der Waals surface area contributed by atoms with Gasteiger partial charge in [0.05, 0.1) is 11.1 Å². The summed E-state index contributed by atoms with van der Waals surface area (Å²) in [6.45, 7) is 12.8. The fourth-order valence-corrected chi connectivity index (χ4v) is 3.27. The Bertz CT molecular complexity index is 1140. The van der Waals surface area contributed by atoms with Crippen LogP contribution in [0.5, 0.6) is 11.5 Å². The van der Waals surface area contributed by atoms with Crippen LogP contribution < -0.4 is 0 Å². The van der Waals surface area contributed by atoms with E-state index in [9.17, 15) is 26.3 Å². The van der Waals surface area contributed by atoms with Crippen LogP contribution >= 0.6 is 0 Å². The first kappa shape index (κ1) is 36.2. The number of phenolic OH excluding ortho intramolecular Hbond substituents is 2.